The number of benzene rings is 1. The molecular weight excluding hydrogens is 320 g/mol. The van der Waals surface area contributed by atoms with Crippen molar-refractivity contribution in [3.63, 3.8) is 0 Å². The van der Waals surface area contributed by atoms with Crippen molar-refractivity contribution in [2.45, 2.75) is 26.5 Å². The molecule has 0 unspecified atom stereocenters. The van der Waals surface area contributed by atoms with E-state index in [1.165, 1.54) is 0 Å². The van der Waals surface area contributed by atoms with Gasteiger partial charge in [0.05, 0.1) is 18.3 Å². The van der Waals surface area contributed by atoms with E-state index in [2.05, 4.69) is 10.6 Å². The van der Waals surface area contributed by atoms with Gasteiger partial charge in [-0.05, 0) is 38.1 Å². The summed E-state index contributed by atoms with van der Waals surface area (Å²) in [5.41, 5.74) is 1.48. The molecule has 1 aromatic carbocycles. The van der Waals surface area contributed by atoms with Gasteiger partial charge in [0, 0.05) is 5.56 Å². The second-order valence-electron chi connectivity index (χ2n) is 6.01. The third kappa shape index (κ3) is 6.34. The van der Waals surface area contributed by atoms with Gasteiger partial charge in [0.15, 0.2) is 5.76 Å². The summed E-state index contributed by atoms with van der Waals surface area (Å²) in [5.74, 6) is 1.40. The topological polar surface area (TPSA) is 92.9 Å². The van der Waals surface area contributed by atoms with Crippen molar-refractivity contribution in [1.82, 2.24) is 0 Å². The molecule has 0 aliphatic heterocycles. The van der Waals surface area contributed by atoms with E-state index in [0.29, 0.717) is 12.2 Å². The molecule has 2 aromatic rings. The van der Waals surface area contributed by atoms with Crippen LogP contribution < -0.4 is 10.6 Å². The van der Waals surface area contributed by atoms with E-state index in [0.717, 1.165) is 43.3 Å². The average molecular weight is 348 g/mol. The molecule has 0 aliphatic carbocycles. The lowest BCUT2D eigenvalue weighted by atomic mass is 10.1. The number of ether oxygens (including phenoxy) is 1. The number of nitrogens with two attached hydrogens (primary N) is 2. The molecule has 0 fully saturated rings. The van der Waals surface area contributed by atoms with Gasteiger partial charge in [0.25, 0.3) is 0 Å². The number of furan rings is 1. The van der Waals surface area contributed by atoms with Crippen LogP contribution in [0, 0.1) is 0 Å². The van der Waals surface area contributed by atoms with Crippen LogP contribution in [0.5, 0.6) is 0 Å². The second-order valence-corrected chi connectivity index (χ2v) is 6.01. The van der Waals surface area contributed by atoms with Crippen LogP contribution in [0.2, 0.25) is 0 Å². The van der Waals surface area contributed by atoms with Crippen LogP contribution in [0.15, 0.2) is 40.8 Å². The summed E-state index contributed by atoms with van der Waals surface area (Å²) in [6.45, 7) is 7.41. The molecule has 0 saturated heterocycles. The van der Waals surface area contributed by atoms with Crippen molar-refractivity contribution in [3.8, 4) is 11.3 Å². The zero-order valence-electron chi connectivity index (χ0n) is 14.9. The van der Waals surface area contributed by atoms with Crippen molar-refractivity contribution in [1.29, 1.82) is 0 Å². The fourth-order valence-electron chi connectivity index (χ4n) is 2.47. The molecule has 2 rings (SSSR count). The number of quaternary nitrogens is 2. The summed E-state index contributed by atoms with van der Waals surface area (Å²) < 4.78 is 10.8. The maximum atomic E-state index is 11.7. The number of rotatable bonds is 10. The summed E-state index contributed by atoms with van der Waals surface area (Å²) in [6, 6.07) is 11.2. The first-order valence-electron chi connectivity index (χ1n) is 8.77. The maximum Gasteiger partial charge on any atom is 0.338 e. The SMILES string of the molecule is CCOC(=O)c1ccc(-c2ccc(C[NH2+]CC[NH2+]C[C@@H](C)O)o2)cc1. The van der Waals surface area contributed by atoms with Crippen LogP contribution >= 0.6 is 0 Å². The molecule has 0 radical (unpaired) electrons. The fourth-order valence-corrected chi connectivity index (χ4v) is 2.47. The van der Waals surface area contributed by atoms with E-state index < -0.39 is 0 Å². The molecule has 1 heterocycles. The Labute approximate surface area is 148 Å². The van der Waals surface area contributed by atoms with E-state index in [1.807, 2.05) is 24.3 Å². The predicted octanol–water partition coefficient (Wildman–Crippen LogP) is 0.131. The molecule has 136 valence electrons. The molecule has 0 saturated carbocycles. The van der Waals surface area contributed by atoms with Gasteiger partial charge in [-0.2, -0.15) is 0 Å². The van der Waals surface area contributed by atoms with Crippen LogP contribution in [-0.4, -0.2) is 43.4 Å². The molecule has 0 aliphatic rings. The number of hydrogen-bond donors (Lipinski definition) is 3. The Morgan fingerprint density at radius 2 is 1.88 bits per heavy atom. The zero-order chi connectivity index (χ0) is 18.1. The maximum absolute atomic E-state index is 11.7. The van der Waals surface area contributed by atoms with Gasteiger partial charge in [-0.15, -0.1) is 0 Å². The third-order valence-corrected chi connectivity index (χ3v) is 3.77. The first-order chi connectivity index (χ1) is 12.1. The quantitative estimate of drug-likeness (QED) is 0.420. The Morgan fingerprint density at radius 3 is 2.56 bits per heavy atom. The van der Waals surface area contributed by atoms with E-state index in [9.17, 15) is 9.90 Å². The number of hydrogen-bond acceptors (Lipinski definition) is 4. The van der Waals surface area contributed by atoms with Crippen LogP contribution in [-0.2, 0) is 11.3 Å². The van der Waals surface area contributed by atoms with E-state index in [1.54, 1.807) is 26.0 Å². The molecule has 1 atom stereocenters. The minimum absolute atomic E-state index is 0.261. The zero-order valence-corrected chi connectivity index (χ0v) is 14.9. The smallest absolute Gasteiger partial charge is 0.338 e. The summed E-state index contributed by atoms with van der Waals surface area (Å²) in [5, 5.41) is 13.5. The first-order valence-corrected chi connectivity index (χ1v) is 8.77. The van der Waals surface area contributed by atoms with Crippen LogP contribution in [0.25, 0.3) is 11.3 Å². The number of esters is 1. The van der Waals surface area contributed by atoms with Gasteiger partial charge in [0.1, 0.15) is 31.9 Å². The first kappa shape index (κ1) is 19.2. The number of carbonyl (C=O) groups is 1. The Morgan fingerprint density at radius 1 is 1.16 bits per heavy atom. The highest BCUT2D eigenvalue weighted by atomic mass is 16.5. The lowest BCUT2D eigenvalue weighted by Gasteiger charge is -2.03. The fraction of sp³-hybridized carbons (Fsp3) is 0.421. The van der Waals surface area contributed by atoms with Crippen molar-refractivity contribution in [3.05, 3.63) is 47.7 Å². The minimum Gasteiger partial charge on any atom is -0.462 e. The lowest BCUT2D eigenvalue weighted by molar-refractivity contribution is -0.733. The highest BCUT2D eigenvalue weighted by Gasteiger charge is 2.09. The highest BCUT2D eigenvalue weighted by Crippen LogP contribution is 2.22. The third-order valence-electron chi connectivity index (χ3n) is 3.77. The van der Waals surface area contributed by atoms with Gasteiger partial charge in [-0.1, -0.05) is 12.1 Å². The Hall–Kier alpha value is -2.15. The molecule has 6 nitrogen and oxygen atoms in total. The van der Waals surface area contributed by atoms with Crippen molar-refractivity contribution in [2.75, 3.05) is 26.2 Å². The Bertz CT molecular complexity index is 650. The predicted molar refractivity (Wildman–Crippen MR) is 93.9 cm³/mol. The average Bonchev–Trinajstić information content (AvgIpc) is 3.07. The molecular formula is C19H28N2O4+2. The van der Waals surface area contributed by atoms with Crippen LogP contribution in [0.1, 0.15) is 30.0 Å². The van der Waals surface area contributed by atoms with Gasteiger partial charge in [0.2, 0.25) is 0 Å². The standard InChI is InChI=1S/C19H26N2O4/c1-3-24-19(23)16-6-4-15(5-7-16)18-9-8-17(25-18)13-21-11-10-20-12-14(2)22/h4-9,14,20-22H,3,10-13H2,1-2H3/p+2/t14-/m1/s1. The minimum atomic E-state index is -0.309. The van der Waals surface area contributed by atoms with Crippen LogP contribution in [0.3, 0.4) is 0 Å². The summed E-state index contributed by atoms with van der Waals surface area (Å²) >= 11 is 0. The second kappa shape index (κ2) is 9.98. The normalized spacial score (nSPS) is 12.1. The molecule has 5 N–H and O–H groups in total. The number of carbonyl (C=O) groups excluding carboxylic acids is 1. The molecule has 0 spiro atoms. The Kier molecular flexibility index (Phi) is 7.66. The van der Waals surface area contributed by atoms with Gasteiger partial charge >= 0.3 is 5.97 Å². The number of aliphatic hydroxyl groups is 1. The van der Waals surface area contributed by atoms with Crippen molar-refractivity contribution >= 4 is 5.97 Å². The molecule has 6 heteroatoms. The van der Waals surface area contributed by atoms with Gasteiger partial charge in [-0.25, -0.2) is 4.79 Å². The monoisotopic (exact) mass is 348 g/mol. The summed E-state index contributed by atoms with van der Waals surface area (Å²) in [4.78, 5) is 11.7. The Balaban J connectivity index is 1.81. The molecule has 0 amide bonds. The van der Waals surface area contributed by atoms with E-state index >= 15 is 0 Å². The lowest BCUT2D eigenvalue weighted by Crippen LogP contribution is -2.95. The van der Waals surface area contributed by atoms with Crippen molar-refractivity contribution in [2.24, 2.45) is 0 Å². The highest BCUT2D eigenvalue weighted by molar-refractivity contribution is 5.89. The largest absolute Gasteiger partial charge is 0.462 e. The van der Waals surface area contributed by atoms with Gasteiger partial charge in [-0.3, -0.25) is 0 Å². The van der Waals surface area contributed by atoms with E-state index in [-0.39, 0.29) is 12.1 Å². The van der Waals surface area contributed by atoms with Crippen molar-refractivity contribution < 1.29 is 29.7 Å². The molecule has 25 heavy (non-hydrogen) atoms. The summed E-state index contributed by atoms with van der Waals surface area (Å²) in [6.07, 6.45) is -0.261. The van der Waals surface area contributed by atoms with Gasteiger partial charge < -0.3 is 24.9 Å². The summed E-state index contributed by atoms with van der Waals surface area (Å²) in [7, 11) is 0. The molecule has 0 bridgehead atoms. The number of aliphatic hydroxyl groups excluding tert-OH is 1. The van der Waals surface area contributed by atoms with E-state index in [4.69, 9.17) is 9.15 Å². The van der Waals surface area contributed by atoms with Crippen LogP contribution in [0.4, 0.5) is 0 Å². The molecule has 1 aromatic heterocycles.